The van der Waals surface area contributed by atoms with E-state index in [-0.39, 0.29) is 53.8 Å². The molecule has 2 unspecified atom stereocenters. The van der Waals surface area contributed by atoms with Crippen molar-refractivity contribution in [3.63, 3.8) is 0 Å². The van der Waals surface area contributed by atoms with Crippen molar-refractivity contribution in [2.24, 2.45) is 10.2 Å². The third kappa shape index (κ3) is 12.8. The summed E-state index contributed by atoms with van der Waals surface area (Å²) < 4.78 is 123. The Bertz CT molecular complexity index is 3920. The predicted molar refractivity (Wildman–Crippen MR) is 312 cm³/mol. The van der Waals surface area contributed by atoms with Gasteiger partial charge in [0.1, 0.15) is 72.1 Å². The summed E-state index contributed by atoms with van der Waals surface area (Å²) in [6, 6.07) is 45.1. The molecular formula is C57H53N14O14P3. The van der Waals surface area contributed by atoms with Crippen LogP contribution in [0.4, 0.5) is 11.6 Å². The number of azide groups is 2. The second-order valence-corrected chi connectivity index (χ2v) is 28.3. The minimum Gasteiger partial charge on any atom is -0.347 e. The van der Waals surface area contributed by atoms with Crippen LogP contribution in [0, 0.1) is 0 Å². The number of hydrogen-bond acceptors (Lipinski definition) is 22. The molecule has 4 saturated heterocycles. The van der Waals surface area contributed by atoms with Gasteiger partial charge in [0.25, 0.3) is 0 Å². The SMILES string of the molecule is [N-]=[N+]=Nc1ncnc2c1ncn2[C@@H]1O[C@H](COP(=O)(CP(=O)(CP(=O)(OCc2ccccc2)OC[C@H]2O[C@@H](n3cnc4c(N=[N+]=[N-])ncnc43)[C@@H]3O[C@H](c4ccccc4)O[C@@H]32)OCc2ccccc2)OCc2ccccc2)[C@H]2O[C@@H](c3ccccc3)O[C@H]21. The van der Waals surface area contributed by atoms with Crippen LogP contribution in [0.5, 0.6) is 0 Å². The van der Waals surface area contributed by atoms with E-state index < -0.39 is 109 Å². The van der Waals surface area contributed by atoms with Crippen molar-refractivity contribution in [1.29, 1.82) is 0 Å². The lowest BCUT2D eigenvalue weighted by Gasteiger charge is -2.29. The number of rotatable bonds is 25. The van der Waals surface area contributed by atoms with Gasteiger partial charge in [-0.05, 0) is 38.0 Å². The fraction of sp³-hybridized carbons (Fsp3) is 0.298. The first-order valence-electron chi connectivity index (χ1n) is 27.6. The van der Waals surface area contributed by atoms with Gasteiger partial charge in [0.05, 0.1) is 45.7 Å². The summed E-state index contributed by atoms with van der Waals surface area (Å²) in [5.74, 6) is -1.89. The molecule has 0 radical (unpaired) electrons. The summed E-state index contributed by atoms with van der Waals surface area (Å²) in [6.07, 6.45) is -3.99. The van der Waals surface area contributed by atoms with Gasteiger partial charge in [-0.3, -0.25) is 22.8 Å². The molecule has 31 heteroatoms. The Morgan fingerprint density at radius 1 is 0.443 bits per heavy atom. The summed E-state index contributed by atoms with van der Waals surface area (Å²) in [6.45, 7) is -1.83. The highest BCUT2D eigenvalue weighted by atomic mass is 31.3. The van der Waals surface area contributed by atoms with Crippen molar-refractivity contribution >= 4 is 56.5 Å². The van der Waals surface area contributed by atoms with E-state index in [4.69, 9.17) is 51.0 Å². The molecule has 8 heterocycles. The molecule has 0 N–H and O–H groups in total. The summed E-state index contributed by atoms with van der Waals surface area (Å²) in [5.41, 5.74) is 22.7. The first kappa shape index (κ1) is 59.1. The first-order valence-corrected chi connectivity index (χ1v) is 33.1. The first-order chi connectivity index (χ1) is 43.0. The molecule has 0 aliphatic carbocycles. The predicted octanol–water partition coefficient (Wildman–Crippen LogP) is 12.6. The molecule has 4 aromatic heterocycles. The van der Waals surface area contributed by atoms with Crippen molar-refractivity contribution in [1.82, 2.24) is 39.0 Å². The maximum Gasteiger partial charge on any atom is 0.340 e. The Balaban J connectivity index is 0.824. The summed E-state index contributed by atoms with van der Waals surface area (Å²) in [5, 5.41) is 7.36. The molecular weight excluding hydrogens is 1200 g/mol. The van der Waals surface area contributed by atoms with Crippen molar-refractivity contribution in [3.05, 3.63) is 226 Å². The highest BCUT2D eigenvalue weighted by molar-refractivity contribution is 7.80. The molecule has 0 bridgehead atoms. The topological polar surface area (TPSA) is 337 Å². The van der Waals surface area contributed by atoms with Gasteiger partial charge in [0.15, 0.2) is 48.0 Å². The highest BCUT2D eigenvalue weighted by Crippen LogP contribution is 2.71. The van der Waals surface area contributed by atoms with Gasteiger partial charge in [-0.15, -0.1) is 0 Å². The number of imidazole rings is 2. The number of nitrogens with zero attached hydrogens (tertiary/aromatic N) is 14. The molecule has 4 aliphatic heterocycles. The molecule has 28 nitrogen and oxygen atoms in total. The summed E-state index contributed by atoms with van der Waals surface area (Å²) in [7, 11) is -14.1. The van der Waals surface area contributed by atoms with E-state index in [2.05, 4.69) is 50.0 Å². The third-order valence-electron chi connectivity index (χ3n) is 14.8. The number of benzene rings is 5. The number of ether oxygens (including phenoxy) is 6. The standard InChI is InChI=1S/C57H53N14O14P3/c58-68-66-50-44-52(62-31-60-50)70(33-64-44)54-48-46(82-56(84-48)40-22-12-4-13-23-40)42(80-54)29-78-87(73,76-27-38-18-8-2-9-19-38)35-86(72,75-26-37-16-6-1-7-17-37)36-88(74,77-28-39-20-10-3-11-21-39)79-30-43-47-49(85-57(83-47)41-24-14-5-15-25-41)55(81-43)71-34-65-45-51(67-69-59)61-32-63-53(45)71/h1-25,31-34,42-43,46-49,54-57H,26-30,35-36H2/t42-,43-,46-,47-,48-,49-,54-,55-,56-,57-,86?,87?,88?/m1/s1. The van der Waals surface area contributed by atoms with Crippen LogP contribution in [-0.2, 0) is 84.6 Å². The van der Waals surface area contributed by atoms with Gasteiger partial charge in [-0.2, -0.15) is 0 Å². The van der Waals surface area contributed by atoms with Gasteiger partial charge in [-0.25, -0.2) is 29.9 Å². The fourth-order valence-corrected chi connectivity index (χ4v) is 20.0. The summed E-state index contributed by atoms with van der Waals surface area (Å²) >= 11 is 0. The van der Waals surface area contributed by atoms with E-state index in [1.807, 2.05) is 72.8 Å². The normalized spacial score (nSPS) is 25.0. The molecule has 5 aromatic carbocycles. The third-order valence-corrected chi connectivity index (χ3v) is 23.8. The van der Waals surface area contributed by atoms with Crippen molar-refractivity contribution in [2.45, 2.75) is 81.5 Å². The van der Waals surface area contributed by atoms with Crippen molar-refractivity contribution in [3.8, 4) is 0 Å². The van der Waals surface area contributed by atoms with Gasteiger partial charge >= 0.3 is 15.2 Å². The largest absolute Gasteiger partial charge is 0.347 e. The van der Waals surface area contributed by atoms with Crippen LogP contribution in [0.3, 0.4) is 0 Å². The average Bonchev–Trinajstić information content (AvgIpc) is 1.73. The second kappa shape index (κ2) is 26.0. The van der Waals surface area contributed by atoms with Crippen molar-refractivity contribution < 1.29 is 64.7 Å². The molecule has 0 spiro atoms. The molecule has 4 aliphatic rings. The molecule has 9 aromatic rings. The maximum atomic E-state index is 16.3. The van der Waals surface area contributed by atoms with Gasteiger partial charge in [-0.1, -0.05) is 152 Å². The lowest BCUT2D eigenvalue weighted by Crippen LogP contribution is -2.32. The van der Waals surface area contributed by atoms with Crippen LogP contribution >= 0.6 is 22.6 Å². The average molecular weight is 1250 g/mol. The van der Waals surface area contributed by atoms with Crippen LogP contribution < -0.4 is 0 Å². The maximum absolute atomic E-state index is 16.3. The van der Waals surface area contributed by atoms with Crippen LogP contribution in [0.1, 0.15) is 52.9 Å². The van der Waals surface area contributed by atoms with Gasteiger partial charge < -0.3 is 51.0 Å². The lowest BCUT2D eigenvalue weighted by molar-refractivity contribution is -0.152. The molecule has 4 fully saturated rings. The van der Waals surface area contributed by atoms with E-state index >= 15 is 13.7 Å². The Morgan fingerprint density at radius 3 is 1.19 bits per heavy atom. The Kier molecular flexibility index (Phi) is 17.5. The van der Waals surface area contributed by atoms with E-state index in [0.717, 1.165) is 0 Å². The number of hydrogen-bond donors (Lipinski definition) is 0. The smallest absolute Gasteiger partial charge is 0.340 e. The minimum atomic E-state index is -4.73. The molecule has 88 heavy (non-hydrogen) atoms. The monoisotopic (exact) mass is 1250 g/mol. The van der Waals surface area contributed by atoms with E-state index in [1.54, 1.807) is 88.0 Å². The molecule has 450 valence electrons. The van der Waals surface area contributed by atoms with Crippen LogP contribution in [0.25, 0.3) is 43.2 Å². The molecule has 13 rings (SSSR count). The van der Waals surface area contributed by atoms with Crippen LogP contribution in [0.2, 0.25) is 0 Å². The Labute approximate surface area is 500 Å². The zero-order chi connectivity index (χ0) is 60.1. The van der Waals surface area contributed by atoms with E-state index in [0.29, 0.717) is 27.8 Å². The Hall–Kier alpha value is -7.93. The fourth-order valence-electron chi connectivity index (χ4n) is 10.7. The van der Waals surface area contributed by atoms with Crippen molar-refractivity contribution in [2.75, 3.05) is 25.0 Å². The van der Waals surface area contributed by atoms with Crippen LogP contribution in [0.15, 0.2) is 187 Å². The van der Waals surface area contributed by atoms with Gasteiger partial charge in [0.2, 0.25) is 7.37 Å². The molecule has 0 amide bonds. The second-order valence-electron chi connectivity index (χ2n) is 20.6. The zero-order valence-electron chi connectivity index (χ0n) is 46.3. The van der Waals surface area contributed by atoms with Crippen LogP contribution in [-0.4, -0.2) is 101 Å². The van der Waals surface area contributed by atoms with E-state index in [1.165, 1.54) is 25.3 Å². The Morgan fingerprint density at radius 2 is 0.807 bits per heavy atom. The molecule has 0 saturated carbocycles. The number of aromatic nitrogens is 8. The zero-order valence-corrected chi connectivity index (χ0v) is 49.0. The lowest BCUT2D eigenvalue weighted by atomic mass is 10.1. The highest BCUT2D eigenvalue weighted by Gasteiger charge is 2.57. The number of fused-ring (bicyclic) bond motifs is 4. The van der Waals surface area contributed by atoms with Gasteiger partial charge in [0, 0.05) is 21.0 Å². The van der Waals surface area contributed by atoms with E-state index in [9.17, 15) is 11.1 Å². The molecule has 12 atom stereocenters. The minimum absolute atomic E-state index is 0.00917. The summed E-state index contributed by atoms with van der Waals surface area (Å²) in [4.78, 5) is 31.7. The quantitative estimate of drug-likeness (QED) is 0.0222.